The molecule has 1 atom stereocenters. The lowest BCUT2D eigenvalue weighted by Crippen LogP contribution is -2.34. The highest BCUT2D eigenvalue weighted by Crippen LogP contribution is 2.32. The molecule has 120 valence electrons. The zero-order chi connectivity index (χ0) is 16.1. The van der Waals surface area contributed by atoms with Gasteiger partial charge in [0.05, 0.1) is 0 Å². The molecule has 0 bridgehead atoms. The van der Waals surface area contributed by atoms with E-state index < -0.39 is 17.8 Å². The maximum atomic E-state index is 12.4. The van der Waals surface area contributed by atoms with Gasteiger partial charge in [0.15, 0.2) is 0 Å². The van der Waals surface area contributed by atoms with E-state index >= 15 is 0 Å². The second-order valence-corrected chi connectivity index (χ2v) is 6.29. The van der Waals surface area contributed by atoms with E-state index in [0.29, 0.717) is 5.69 Å². The van der Waals surface area contributed by atoms with E-state index in [1.54, 1.807) is 6.07 Å². The predicted octanol–water partition coefficient (Wildman–Crippen LogP) is 2.58. The fourth-order valence-electron chi connectivity index (χ4n) is 3.15. The molecule has 1 unspecified atom stereocenters. The number of nitrogens with zero attached hydrogens (tertiary/aromatic N) is 1. The van der Waals surface area contributed by atoms with Gasteiger partial charge >= 0.3 is 5.97 Å². The first-order chi connectivity index (χ1) is 10.5. The van der Waals surface area contributed by atoms with Crippen molar-refractivity contribution in [2.45, 2.75) is 32.2 Å². The van der Waals surface area contributed by atoms with E-state index in [4.69, 9.17) is 0 Å². The van der Waals surface area contributed by atoms with Crippen molar-refractivity contribution in [1.29, 1.82) is 0 Å². The Bertz CT molecular complexity index is 536. The summed E-state index contributed by atoms with van der Waals surface area (Å²) in [4.78, 5) is 25.9. The van der Waals surface area contributed by atoms with Gasteiger partial charge in [-0.25, -0.2) is 0 Å². The van der Waals surface area contributed by atoms with E-state index in [2.05, 4.69) is 5.32 Å². The third-order valence-electron chi connectivity index (χ3n) is 4.11. The Morgan fingerprint density at radius 3 is 2.59 bits per heavy atom. The number of aliphatic carboxylic acids is 1. The molecule has 22 heavy (non-hydrogen) atoms. The SMILES string of the molecule is CN(C)Cc1cccc(NC(=O)C(C(=O)O)C2CCCC2)c1. The van der Waals surface area contributed by atoms with Gasteiger partial charge in [-0.1, -0.05) is 25.0 Å². The van der Waals surface area contributed by atoms with Crippen molar-refractivity contribution >= 4 is 17.6 Å². The van der Waals surface area contributed by atoms with Crippen LogP contribution in [0.15, 0.2) is 24.3 Å². The van der Waals surface area contributed by atoms with Crippen molar-refractivity contribution in [3.63, 3.8) is 0 Å². The lowest BCUT2D eigenvalue weighted by Gasteiger charge is -2.19. The Morgan fingerprint density at radius 1 is 1.32 bits per heavy atom. The zero-order valence-corrected chi connectivity index (χ0v) is 13.2. The van der Waals surface area contributed by atoms with Gasteiger partial charge in [0.2, 0.25) is 5.91 Å². The first-order valence-corrected chi connectivity index (χ1v) is 7.74. The number of carbonyl (C=O) groups excluding carboxylic acids is 1. The Kier molecular flexibility index (Phi) is 5.55. The molecule has 0 heterocycles. The maximum Gasteiger partial charge on any atom is 0.316 e. The second-order valence-electron chi connectivity index (χ2n) is 6.29. The van der Waals surface area contributed by atoms with Crippen molar-refractivity contribution in [2.24, 2.45) is 11.8 Å². The fraction of sp³-hybridized carbons (Fsp3) is 0.529. The molecule has 1 amide bonds. The van der Waals surface area contributed by atoms with Gasteiger partial charge in [-0.15, -0.1) is 0 Å². The Labute approximate surface area is 131 Å². The van der Waals surface area contributed by atoms with E-state index in [1.807, 2.05) is 37.2 Å². The summed E-state index contributed by atoms with van der Waals surface area (Å²) in [7, 11) is 3.96. The van der Waals surface area contributed by atoms with Crippen molar-refractivity contribution in [3.05, 3.63) is 29.8 Å². The van der Waals surface area contributed by atoms with Gasteiger partial charge in [0, 0.05) is 12.2 Å². The number of hydrogen-bond acceptors (Lipinski definition) is 3. The lowest BCUT2D eigenvalue weighted by molar-refractivity contribution is -0.147. The highest BCUT2D eigenvalue weighted by Gasteiger charge is 2.36. The number of hydrogen-bond donors (Lipinski definition) is 2. The molecule has 1 saturated carbocycles. The van der Waals surface area contributed by atoms with E-state index in [-0.39, 0.29) is 5.92 Å². The van der Waals surface area contributed by atoms with Gasteiger partial charge < -0.3 is 15.3 Å². The van der Waals surface area contributed by atoms with E-state index in [9.17, 15) is 14.7 Å². The minimum atomic E-state index is -1.02. The van der Waals surface area contributed by atoms with Gasteiger partial charge in [-0.05, 0) is 50.6 Å². The summed E-state index contributed by atoms with van der Waals surface area (Å²) < 4.78 is 0. The number of carboxylic acid groups (broad SMARTS) is 1. The third-order valence-corrected chi connectivity index (χ3v) is 4.11. The molecular weight excluding hydrogens is 280 g/mol. The first-order valence-electron chi connectivity index (χ1n) is 7.74. The van der Waals surface area contributed by atoms with Crippen LogP contribution in [0.1, 0.15) is 31.2 Å². The quantitative estimate of drug-likeness (QED) is 0.793. The molecule has 1 fully saturated rings. The summed E-state index contributed by atoms with van der Waals surface area (Å²) in [5.41, 5.74) is 1.74. The van der Waals surface area contributed by atoms with Crippen molar-refractivity contribution in [1.82, 2.24) is 4.90 Å². The average molecular weight is 304 g/mol. The van der Waals surface area contributed by atoms with Crippen LogP contribution in [-0.4, -0.2) is 36.0 Å². The van der Waals surface area contributed by atoms with Crippen LogP contribution in [0, 0.1) is 11.8 Å². The van der Waals surface area contributed by atoms with E-state index in [1.165, 1.54) is 0 Å². The van der Waals surface area contributed by atoms with Gasteiger partial charge in [-0.2, -0.15) is 0 Å². The lowest BCUT2D eigenvalue weighted by atomic mass is 9.90. The Morgan fingerprint density at radius 2 is 2.00 bits per heavy atom. The fourth-order valence-corrected chi connectivity index (χ4v) is 3.15. The van der Waals surface area contributed by atoms with Crippen LogP contribution in [0.2, 0.25) is 0 Å². The normalized spacial score (nSPS) is 16.7. The van der Waals surface area contributed by atoms with Crippen molar-refractivity contribution in [2.75, 3.05) is 19.4 Å². The molecule has 2 N–H and O–H groups in total. The molecule has 2 rings (SSSR count). The predicted molar refractivity (Wildman–Crippen MR) is 85.5 cm³/mol. The molecule has 5 heteroatoms. The van der Waals surface area contributed by atoms with Crippen LogP contribution in [0.5, 0.6) is 0 Å². The van der Waals surface area contributed by atoms with Crippen LogP contribution in [0.3, 0.4) is 0 Å². The molecule has 0 radical (unpaired) electrons. The smallest absolute Gasteiger partial charge is 0.316 e. The molecule has 1 aliphatic rings. The minimum Gasteiger partial charge on any atom is -0.481 e. The van der Waals surface area contributed by atoms with Crippen LogP contribution in [-0.2, 0) is 16.1 Å². The monoisotopic (exact) mass is 304 g/mol. The maximum absolute atomic E-state index is 12.4. The topological polar surface area (TPSA) is 69.6 Å². The minimum absolute atomic E-state index is 0.0394. The van der Waals surface area contributed by atoms with Crippen LogP contribution in [0.4, 0.5) is 5.69 Å². The Balaban J connectivity index is 2.07. The second kappa shape index (κ2) is 7.40. The highest BCUT2D eigenvalue weighted by atomic mass is 16.4. The van der Waals surface area contributed by atoms with Gasteiger partial charge in [-0.3, -0.25) is 9.59 Å². The molecule has 1 aliphatic carbocycles. The summed E-state index contributed by atoms with van der Waals surface area (Å²) in [5.74, 6) is -2.40. The van der Waals surface area contributed by atoms with Crippen molar-refractivity contribution < 1.29 is 14.7 Å². The number of carboxylic acids is 1. The standard InChI is InChI=1S/C17H24N2O3/c1-19(2)11-12-6-5-9-14(10-12)18-16(20)15(17(21)22)13-7-3-4-8-13/h5-6,9-10,13,15H,3-4,7-8,11H2,1-2H3,(H,18,20)(H,21,22). The number of amides is 1. The average Bonchev–Trinajstić information content (AvgIpc) is 2.91. The third kappa shape index (κ3) is 4.31. The number of rotatable bonds is 6. The summed E-state index contributed by atoms with van der Waals surface area (Å²) in [6, 6.07) is 7.55. The molecular formula is C17H24N2O3. The molecule has 0 saturated heterocycles. The molecule has 0 spiro atoms. The van der Waals surface area contributed by atoms with E-state index in [0.717, 1.165) is 37.8 Å². The summed E-state index contributed by atoms with van der Waals surface area (Å²) >= 11 is 0. The van der Waals surface area contributed by atoms with Crippen LogP contribution >= 0.6 is 0 Å². The molecule has 0 aliphatic heterocycles. The summed E-state index contributed by atoms with van der Waals surface area (Å²) in [5, 5.41) is 12.2. The van der Waals surface area contributed by atoms with Crippen molar-refractivity contribution in [3.8, 4) is 0 Å². The number of anilines is 1. The highest BCUT2D eigenvalue weighted by molar-refractivity contribution is 6.04. The largest absolute Gasteiger partial charge is 0.481 e. The summed E-state index contributed by atoms with van der Waals surface area (Å²) in [6.07, 6.45) is 3.68. The van der Waals surface area contributed by atoms with Gasteiger partial charge in [0.1, 0.15) is 5.92 Å². The number of carbonyl (C=O) groups is 2. The molecule has 0 aromatic heterocycles. The number of nitrogens with one attached hydrogen (secondary N) is 1. The van der Waals surface area contributed by atoms with Gasteiger partial charge in [0.25, 0.3) is 0 Å². The molecule has 1 aromatic carbocycles. The summed E-state index contributed by atoms with van der Waals surface area (Å²) in [6.45, 7) is 0.773. The molecule has 5 nitrogen and oxygen atoms in total. The zero-order valence-electron chi connectivity index (χ0n) is 13.2. The van der Waals surface area contributed by atoms with Crippen LogP contribution in [0.25, 0.3) is 0 Å². The first kappa shape index (κ1) is 16.5. The molecule has 1 aromatic rings. The van der Waals surface area contributed by atoms with Crippen LogP contribution < -0.4 is 5.32 Å². The number of benzene rings is 1. The Hall–Kier alpha value is -1.88.